The number of hydrogen-bond donors (Lipinski definition) is 0. The van der Waals surface area contributed by atoms with Crippen LogP contribution in [0.4, 0.5) is 13.2 Å². The Labute approximate surface area is 119 Å². The van der Waals surface area contributed by atoms with Gasteiger partial charge in [0.2, 0.25) is 0 Å². The average molecular weight is 292 g/mol. The Morgan fingerprint density at radius 2 is 1.57 bits per heavy atom. The SMILES string of the molecule is C=Cc1ccc(OC(=O)c2ccc(C(F)(F)F)cc2)cc1. The molecule has 0 aromatic heterocycles. The van der Waals surface area contributed by atoms with Crippen LogP contribution in [0.2, 0.25) is 0 Å². The van der Waals surface area contributed by atoms with Crippen LogP contribution in [-0.4, -0.2) is 5.97 Å². The summed E-state index contributed by atoms with van der Waals surface area (Å²) in [6, 6.07) is 10.4. The third kappa shape index (κ3) is 3.72. The topological polar surface area (TPSA) is 26.3 Å². The third-order valence-electron chi connectivity index (χ3n) is 2.77. The van der Waals surface area contributed by atoms with Crippen molar-refractivity contribution >= 4 is 12.0 Å². The molecule has 0 heterocycles. The second-order valence-electron chi connectivity index (χ2n) is 4.24. The second kappa shape index (κ2) is 5.83. The number of ether oxygens (including phenoxy) is 1. The number of benzene rings is 2. The summed E-state index contributed by atoms with van der Waals surface area (Å²) in [5.41, 5.74) is 0.106. The van der Waals surface area contributed by atoms with Crippen molar-refractivity contribution in [3.63, 3.8) is 0 Å². The summed E-state index contributed by atoms with van der Waals surface area (Å²) in [4.78, 5) is 11.8. The number of esters is 1. The molecule has 0 atom stereocenters. The lowest BCUT2D eigenvalue weighted by atomic mass is 10.1. The van der Waals surface area contributed by atoms with Gasteiger partial charge >= 0.3 is 12.1 Å². The van der Waals surface area contributed by atoms with E-state index in [1.54, 1.807) is 30.3 Å². The fourth-order valence-electron chi connectivity index (χ4n) is 1.63. The zero-order valence-corrected chi connectivity index (χ0v) is 10.9. The van der Waals surface area contributed by atoms with Gasteiger partial charge in [-0.15, -0.1) is 0 Å². The molecule has 0 fully saturated rings. The molecule has 2 aromatic carbocycles. The molecular weight excluding hydrogens is 281 g/mol. The van der Waals surface area contributed by atoms with E-state index in [9.17, 15) is 18.0 Å². The molecule has 5 heteroatoms. The van der Waals surface area contributed by atoms with Crippen LogP contribution in [0.25, 0.3) is 6.08 Å². The van der Waals surface area contributed by atoms with Crippen molar-refractivity contribution in [2.45, 2.75) is 6.18 Å². The lowest BCUT2D eigenvalue weighted by molar-refractivity contribution is -0.137. The first-order valence-electron chi connectivity index (χ1n) is 6.02. The van der Waals surface area contributed by atoms with E-state index in [2.05, 4.69) is 6.58 Å². The standard InChI is InChI=1S/C16H11F3O2/c1-2-11-3-9-14(10-4-11)21-15(20)12-5-7-13(8-6-12)16(17,18)19/h2-10H,1H2. The molecule has 2 rings (SSSR count). The molecular formula is C16H11F3O2. The molecule has 0 aliphatic heterocycles. The summed E-state index contributed by atoms with van der Waals surface area (Å²) in [7, 11) is 0. The van der Waals surface area contributed by atoms with Crippen molar-refractivity contribution in [3.05, 3.63) is 71.8 Å². The van der Waals surface area contributed by atoms with Gasteiger partial charge in [0.15, 0.2) is 0 Å². The second-order valence-corrected chi connectivity index (χ2v) is 4.24. The highest BCUT2D eigenvalue weighted by atomic mass is 19.4. The summed E-state index contributed by atoms with van der Waals surface area (Å²) < 4.78 is 42.3. The maximum atomic E-state index is 12.4. The lowest BCUT2D eigenvalue weighted by Gasteiger charge is -2.08. The van der Waals surface area contributed by atoms with E-state index in [1.165, 1.54) is 0 Å². The monoisotopic (exact) mass is 292 g/mol. The van der Waals surface area contributed by atoms with Crippen LogP contribution in [-0.2, 0) is 6.18 Å². The molecule has 0 aliphatic carbocycles. The summed E-state index contributed by atoms with van der Waals surface area (Å²) in [6.45, 7) is 3.60. The van der Waals surface area contributed by atoms with Crippen LogP contribution in [0.15, 0.2) is 55.1 Å². The third-order valence-corrected chi connectivity index (χ3v) is 2.77. The van der Waals surface area contributed by atoms with Crippen molar-refractivity contribution in [1.29, 1.82) is 0 Å². The Morgan fingerprint density at radius 3 is 2.05 bits per heavy atom. The largest absolute Gasteiger partial charge is 0.423 e. The van der Waals surface area contributed by atoms with E-state index >= 15 is 0 Å². The van der Waals surface area contributed by atoms with Crippen LogP contribution in [0, 0.1) is 0 Å². The quantitative estimate of drug-likeness (QED) is 0.612. The van der Waals surface area contributed by atoms with E-state index in [4.69, 9.17) is 4.74 Å². The van der Waals surface area contributed by atoms with Gasteiger partial charge in [-0.05, 0) is 42.0 Å². The van der Waals surface area contributed by atoms with Gasteiger partial charge in [0.05, 0.1) is 11.1 Å². The fourth-order valence-corrected chi connectivity index (χ4v) is 1.63. The van der Waals surface area contributed by atoms with Crippen LogP contribution in [0.1, 0.15) is 21.5 Å². The Bertz CT molecular complexity index is 641. The molecule has 0 bridgehead atoms. The normalized spacial score (nSPS) is 11.0. The van der Waals surface area contributed by atoms with Gasteiger partial charge in [0, 0.05) is 0 Å². The van der Waals surface area contributed by atoms with Crippen molar-refractivity contribution in [1.82, 2.24) is 0 Å². The number of carbonyl (C=O) groups is 1. The van der Waals surface area contributed by atoms with Crippen molar-refractivity contribution in [2.24, 2.45) is 0 Å². The first kappa shape index (κ1) is 14.8. The van der Waals surface area contributed by atoms with Gasteiger partial charge in [0.25, 0.3) is 0 Å². The van der Waals surface area contributed by atoms with E-state index in [0.29, 0.717) is 5.75 Å². The fraction of sp³-hybridized carbons (Fsp3) is 0.0625. The Kier molecular flexibility index (Phi) is 4.12. The molecule has 0 aliphatic rings. The minimum atomic E-state index is -4.43. The highest BCUT2D eigenvalue weighted by molar-refractivity contribution is 5.91. The van der Waals surface area contributed by atoms with Gasteiger partial charge in [-0.3, -0.25) is 0 Å². The Hall–Kier alpha value is -2.56. The average Bonchev–Trinajstić information content (AvgIpc) is 2.47. The summed E-state index contributed by atoms with van der Waals surface area (Å²) in [5, 5.41) is 0. The number of alkyl halides is 3. The molecule has 0 saturated carbocycles. The molecule has 0 amide bonds. The number of halogens is 3. The minimum Gasteiger partial charge on any atom is -0.423 e. The molecule has 108 valence electrons. The molecule has 0 saturated heterocycles. The minimum absolute atomic E-state index is 0.0517. The Balaban J connectivity index is 2.11. The van der Waals surface area contributed by atoms with Crippen LogP contribution >= 0.6 is 0 Å². The smallest absolute Gasteiger partial charge is 0.416 e. The number of hydrogen-bond acceptors (Lipinski definition) is 2. The van der Waals surface area contributed by atoms with Gasteiger partial charge in [0.1, 0.15) is 5.75 Å². The van der Waals surface area contributed by atoms with Crippen molar-refractivity contribution in [2.75, 3.05) is 0 Å². The highest BCUT2D eigenvalue weighted by Crippen LogP contribution is 2.29. The maximum Gasteiger partial charge on any atom is 0.416 e. The molecule has 0 spiro atoms. The summed E-state index contributed by atoms with van der Waals surface area (Å²) >= 11 is 0. The molecule has 0 unspecified atom stereocenters. The Morgan fingerprint density at radius 1 is 1.00 bits per heavy atom. The zero-order chi connectivity index (χ0) is 15.5. The van der Waals surface area contributed by atoms with Crippen molar-refractivity contribution in [3.8, 4) is 5.75 Å². The molecule has 2 aromatic rings. The number of rotatable bonds is 3. The molecule has 0 N–H and O–H groups in total. The first-order chi connectivity index (χ1) is 9.90. The van der Waals surface area contributed by atoms with E-state index in [0.717, 1.165) is 29.8 Å². The first-order valence-corrected chi connectivity index (χ1v) is 6.02. The van der Waals surface area contributed by atoms with Gasteiger partial charge in [-0.1, -0.05) is 24.8 Å². The van der Waals surface area contributed by atoms with E-state index in [1.807, 2.05) is 0 Å². The predicted molar refractivity (Wildman–Crippen MR) is 72.9 cm³/mol. The number of carbonyl (C=O) groups excluding carboxylic acids is 1. The van der Waals surface area contributed by atoms with E-state index in [-0.39, 0.29) is 5.56 Å². The van der Waals surface area contributed by atoms with Gasteiger partial charge in [-0.25, -0.2) is 4.79 Å². The molecule has 0 radical (unpaired) electrons. The van der Waals surface area contributed by atoms with Gasteiger partial charge in [-0.2, -0.15) is 13.2 Å². The van der Waals surface area contributed by atoms with Crippen LogP contribution in [0.3, 0.4) is 0 Å². The zero-order valence-electron chi connectivity index (χ0n) is 10.9. The van der Waals surface area contributed by atoms with Crippen molar-refractivity contribution < 1.29 is 22.7 Å². The summed E-state index contributed by atoms with van der Waals surface area (Å²) in [5.74, 6) is -0.402. The molecule has 21 heavy (non-hydrogen) atoms. The summed E-state index contributed by atoms with van der Waals surface area (Å²) in [6.07, 6.45) is -2.79. The van der Waals surface area contributed by atoms with Gasteiger partial charge < -0.3 is 4.74 Å². The highest BCUT2D eigenvalue weighted by Gasteiger charge is 2.30. The lowest BCUT2D eigenvalue weighted by Crippen LogP contribution is -2.10. The molecule has 2 nitrogen and oxygen atoms in total. The maximum absolute atomic E-state index is 12.4. The van der Waals surface area contributed by atoms with Crippen LogP contribution in [0.5, 0.6) is 5.75 Å². The predicted octanol–water partition coefficient (Wildman–Crippen LogP) is 4.57. The van der Waals surface area contributed by atoms with E-state index < -0.39 is 17.7 Å². The van der Waals surface area contributed by atoms with Crippen LogP contribution < -0.4 is 4.74 Å².